The number of anilines is 1. The summed E-state index contributed by atoms with van der Waals surface area (Å²) in [5.74, 6) is 0.703. The van der Waals surface area contributed by atoms with Gasteiger partial charge in [0.05, 0.1) is 34.0 Å². The molecule has 250 valence electrons. The fraction of sp³-hybridized carbons (Fsp3) is 0.308. The molecule has 1 amide bonds. The summed E-state index contributed by atoms with van der Waals surface area (Å²) in [4.78, 5) is 16.8. The molecule has 0 saturated heterocycles. The molecular weight excluding hydrogens is 655 g/mol. The molecule has 49 heavy (non-hydrogen) atoms. The van der Waals surface area contributed by atoms with Crippen LogP contribution < -0.4 is 9.64 Å². The first-order valence-corrected chi connectivity index (χ1v) is 17.2. The molecule has 0 bridgehead atoms. The molecule has 3 aromatic carbocycles. The lowest BCUT2D eigenvalue weighted by Gasteiger charge is -2.34. The number of carbonyl (C=O) groups is 1. The maximum absolute atomic E-state index is 14.9. The van der Waals surface area contributed by atoms with Crippen molar-refractivity contribution in [2.75, 3.05) is 18.1 Å². The fourth-order valence-electron chi connectivity index (χ4n) is 7.62. The highest BCUT2D eigenvalue weighted by atomic mass is 35.5. The molecule has 0 aliphatic carbocycles. The van der Waals surface area contributed by atoms with E-state index in [-0.39, 0.29) is 11.9 Å². The number of carbonyl (C=O) groups excluding carboxylic acids is 1. The van der Waals surface area contributed by atoms with Gasteiger partial charge in [0.1, 0.15) is 23.2 Å². The van der Waals surface area contributed by atoms with Crippen molar-refractivity contribution in [1.29, 1.82) is 5.26 Å². The Morgan fingerprint density at radius 1 is 1.00 bits per heavy atom. The normalized spacial score (nSPS) is 14.6. The molecule has 0 spiro atoms. The third-order valence-electron chi connectivity index (χ3n) is 10.0. The quantitative estimate of drug-likeness (QED) is 0.156. The van der Waals surface area contributed by atoms with Crippen molar-refractivity contribution in [3.8, 4) is 22.9 Å². The molecule has 8 nitrogen and oxygen atoms in total. The zero-order valence-electron chi connectivity index (χ0n) is 28.8. The number of nitrogens with zero attached hydrogens (tertiary/aromatic N) is 6. The van der Waals surface area contributed by atoms with Crippen LogP contribution in [0.4, 0.5) is 5.69 Å². The minimum absolute atomic E-state index is 0.0780. The molecular formula is C39H38Cl2N6O2. The zero-order chi connectivity index (χ0) is 34.9. The molecule has 7 rings (SSSR count). The highest BCUT2D eigenvalue weighted by Crippen LogP contribution is 2.45. The Morgan fingerprint density at radius 3 is 2.41 bits per heavy atom. The van der Waals surface area contributed by atoms with Crippen LogP contribution in [0, 0.1) is 39.0 Å². The number of ether oxygens (including phenoxy) is 1. The van der Waals surface area contributed by atoms with Crippen molar-refractivity contribution in [3.05, 3.63) is 98.0 Å². The van der Waals surface area contributed by atoms with Gasteiger partial charge < -0.3 is 18.8 Å². The predicted molar refractivity (Wildman–Crippen MR) is 197 cm³/mol. The zero-order valence-corrected chi connectivity index (χ0v) is 30.3. The van der Waals surface area contributed by atoms with E-state index in [0.717, 1.165) is 77.5 Å². The van der Waals surface area contributed by atoms with Crippen LogP contribution in [0.5, 0.6) is 5.75 Å². The van der Waals surface area contributed by atoms with Gasteiger partial charge in [0.25, 0.3) is 5.91 Å². The Morgan fingerprint density at radius 2 is 1.73 bits per heavy atom. The van der Waals surface area contributed by atoms with Crippen LogP contribution in [0.3, 0.4) is 0 Å². The second-order valence-electron chi connectivity index (χ2n) is 13.2. The van der Waals surface area contributed by atoms with Gasteiger partial charge in [0.15, 0.2) is 0 Å². The number of benzene rings is 3. The minimum Gasteiger partial charge on any atom is -0.494 e. The summed E-state index contributed by atoms with van der Waals surface area (Å²) in [6, 6.07) is 17.9. The summed E-state index contributed by atoms with van der Waals surface area (Å²) >= 11 is 13.5. The van der Waals surface area contributed by atoms with E-state index in [1.165, 1.54) is 0 Å². The average Bonchev–Trinajstić information content (AvgIpc) is 3.67. The maximum atomic E-state index is 14.9. The monoisotopic (exact) mass is 692 g/mol. The van der Waals surface area contributed by atoms with Gasteiger partial charge in [-0.2, -0.15) is 10.4 Å². The van der Waals surface area contributed by atoms with Gasteiger partial charge in [-0.05, 0) is 101 Å². The molecule has 6 aromatic rings. The number of fused-ring (bicyclic) bond motifs is 4. The first kappa shape index (κ1) is 32.8. The van der Waals surface area contributed by atoms with Gasteiger partial charge in [-0.3, -0.25) is 9.48 Å². The van der Waals surface area contributed by atoms with Crippen LogP contribution in [0.1, 0.15) is 63.6 Å². The number of aryl methyl sites for hydroxylation is 6. The van der Waals surface area contributed by atoms with Crippen molar-refractivity contribution in [2.24, 2.45) is 14.1 Å². The van der Waals surface area contributed by atoms with Crippen molar-refractivity contribution in [2.45, 2.75) is 53.5 Å². The molecule has 0 N–H and O–H groups in total. The van der Waals surface area contributed by atoms with E-state index in [1.54, 1.807) is 0 Å². The SMILES string of the molecule is Cc1cc(OCCCc2c3n(c4c(-c5c(C)nn(C)c5C)c(Cl)ccc24)C(C)CN(c2cccc4c2cc(C#N)n4C)C3=O)cc(C)c1Cl. The van der Waals surface area contributed by atoms with Crippen molar-refractivity contribution >= 4 is 56.6 Å². The molecule has 4 heterocycles. The number of amides is 1. The van der Waals surface area contributed by atoms with Crippen molar-refractivity contribution in [3.63, 3.8) is 0 Å². The highest BCUT2D eigenvalue weighted by Gasteiger charge is 2.37. The molecule has 0 radical (unpaired) electrons. The lowest BCUT2D eigenvalue weighted by molar-refractivity contribution is 0.0957. The van der Waals surface area contributed by atoms with Gasteiger partial charge in [0, 0.05) is 59.3 Å². The lowest BCUT2D eigenvalue weighted by atomic mass is 9.98. The molecule has 3 aromatic heterocycles. The standard InChI is InChI=1S/C39H38Cl2N6O2/c1-21-16-27(17-22(2)36(21)41)49-15-9-10-28-29-13-14-31(40)35(34-24(4)43-45(7)25(34)5)37(29)47-23(3)20-46(39(48)38(28)47)33-12-8-11-32-30(33)18-26(19-42)44(32)6/h8,11-14,16-18,23H,9-10,15,20H2,1-7H3. The van der Waals surface area contributed by atoms with Gasteiger partial charge in [-0.15, -0.1) is 0 Å². The Balaban J connectivity index is 1.38. The average molecular weight is 694 g/mol. The third-order valence-corrected chi connectivity index (χ3v) is 10.9. The molecule has 1 unspecified atom stereocenters. The summed E-state index contributed by atoms with van der Waals surface area (Å²) in [5, 5.41) is 17.7. The largest absolute Gasteiger partial charge is 0.494 e. The predicted octanol–water partition coefficient (Wildman–Crippen LogP) is 9.18. The van der Waals surface area contributed by atoms with E-state index in [0.29, 0.717) is 42.4 Å². The molecule has 0 fully saturated rings. The fourth-order valence-corrected chi connectivity index (χ4v) is 7.98. The van der Waals surface area contributed by atoms with E-state index in [4.69, 9.17) is 33.0 Å². The van der Waals surface area contributed by atoms with E-state index >= 15 is 0 Å². The van der Waals surface area contributed by atoms with Crippen LogP contribution in [-0.2, 0) is 20.5 Å². The van der Waals surface area contributed by atoms with E-state index < -0.39 is 0 Å². The van der Waals surface area contributed by atoms with Gasteiger partial charge in [-0.1, -0.05) is 35.3 Å². The minimum atomic E-state index is -0.0795. The highest BCUT2D eigenvalue weighted by molar-refractivity contribution is 6.35. The molecule has 1 aliphatic heterocycles. The summed E-state index contributed by atoms with van der Waals surface area (Å²) in [7, 11) is 3.82. The summed E-state index contributed by atoms with van der Waals surface area (Å²) in [6.45, 7) is 11.1. The maximum Gasteiger partial charge on any atom is 0.275 e. The smallest absolute Gasteiger partial charge is 0.275 e. The Labute approximate surface area is 296 Å². The van der Waals surface area contributed by atoms with Gasteiger partial charge in [-0.25, -0.2) is 0 Å². The van der Waals surface area contributed by atoms with Crippen molar-refractivity contribution < 1.29 is 9.53 Å². The Kier molecular flexibility index (Phi) is 8.25. The lowest BCUT2D eigenvalue weighted by Crippen LogP contribution is -2.42. The summed E-state index contributed by atoms with van der Waals surface area (Å²) in [6.07, 6.45) is 1.31. The second-order valence-corrected chi connectivity index (χ2v) is 14.0. The van der Waals surface area contributed by atoms with Crippen LogP contribution in [0.15, 0.2) is 48.5 Å². The number of aromatic nitrogens is 4. The second kappa shape index (κ2) is 12.3. The Bertz CT molecular complexity index is 2350. The van der Waals surface area contributed by atoms with Crippen molar-refractivity contribution in [1.82, 2.24) is 18.9 Å². The number of hydrogen-bond donors (Lipinski definition) is 0. The first-order valence-electron chi connectivity index (χ1n) is 16.5. The third kappa shape index (κ3) is 5.19. The van der Waals surface area contributed by atoms with Crippen LogP contribution in [-0.4, -0.2) is 38.0 Å². The number of hydrogen-bond acceptors (Lipinski definition) is 4. The summed E-state index contributed by atoms with van der Waals surface area (Å²) in [5.41, 5.74) is 10.5. The number of nitriles is 1. The van der Waals surface area contributed by atoms with Crippen LogP contribution in [0.25, 0.3) is 32.9 Å². The number of halogens is 2. The molecule has 0 saturated carbocycles. The Hall–Kier alpha value is -4.71. The number of rotatable bonds is 7. The van der Waals surface area contributed by atoms with Crippen LogP contribution in [0.2, 0.25) is 10.0 Å². The molecule has 10 heteroatoms. The summed E-state index contributed by atoms with van der Waals surface area (Å²) < 4.78 is 12.2. The molecule has 1 aliphatic rings. The van der Waals surface area contributed by atoms with Gasteiger partial charge >= 0.3 is 0 Å². The molecule has 1 atom stereocenters. The van der Waals surface area contributed by atoms with E-state index in [1.807, 2.05) is 91.5 Å². The topological polar surface area (TPSA) is 81.0 Å². The first-order chi connectivity index (χ1) is 23.4. The van der Waals surface area contributed by atoms with Crippen LogP contribution >= 0.6 is 23.2 Å². The van der Waals surface area contributed by atoms with E-state index in [9.17, 15) is 10.1 Å². The van der Waals surface area contributed by atoms with Gasteiger partial charge in [0.2, 0.25) is 0 Å². The van der Waals surface area contributed by atoms with E-state index in [2.05, 4.69) is 30.6 Å².